The summed E-state index contributed by atoms with van der Waals surface area (Å²) in [6.07, 6.45) is 79.1. The molecule has 0 heterocycles. The van der Waals surface area contributed by atoms with Crippen LogP contribution in [0.25, 0.3) is 0 Å². The molecule has 0 radical (unpaired) electrons. The van der Waals surface area contributed by atoms with Crippen molar-refractivity contribution in [1.82, 2.24) is 0 Å². The molecule has 76 heavy (non-hydrogen) atoms. The number of hydrogen-bond acceptors (Lipinski definition) is 6. The number of ether oxygens (including phenoxy) is 3. The Balaban J connectivity index is 4.26. The average Bonchev–Trinajstić information content (AvgIpc) is 3.42. The van der Waals surface area contributed by atoms with Crippen molar-refractivity contribution in [3.8, 4) is 0 Å². The second kappa shape index (κ2) is 65.4. The lowest BCUT2D eigenvalue weighted by molar-refractivity contribution is -0.167. The SMILES string of the molecule is CCCCCCCC/C=C\CCCCCCCCCC(=O)OC(COC(=O)CCCCCCCCCCCCCCC/C=C\CCCCCCCCCC)COC(=O)CCCCCCCCCCCCCCCCCC. The highest BCUT2D eigenvalue weighted by Crippen LogP contribution is 2.18. The first-order chi connectivity index (χ1) is 37.5. The molecule has 0 aliphatic rings. The summed E-state index contributed by atoms with van der Waals surface area (Å²) >= 11 is 0. The lowest BCUT2D eigenvalue weighted by atomic mass is 10.0. The maximum atomic E-state index is 12.9. The van der Waals surface area contributed by atoms with E-state index in [4.69, 9.17) is 14.2 Å². The Labute approximate surface area is 474 Å². The lowest BCUT2D eigenvalue weighted by Gasteiger charge is -2.18. The third kappa shape index (κ3) is 62.7. The summed E-state index contributed by atoms with van der Waals surface area (Å²) in [7, 11) is 0. The van der Waals surface area contributed by atoms with E-state index >= 15 is 0 Å². The number of allylic oxidation sites excluding steroid dienone is 4. The molecule has 0 aromatic heterocycles. The zero-order valence-corrected chi connectivity index (χ0v) is 51.6. The summed E-state index contributed by atoms with van der Waals surface area (Å²) in [4.78, 5) is 38.4. The van der Waals surface area contributed by atoms with E-state index in [9.17, 15) is 14.4 Å². The van der Waals surface area contributed by atoms with Gasteiger partial charge in [0.25, 0.3) is 0 Å². The number of hydrogen-bond donors (Lipinski definition) is 0. The number of carbonyl (C=O) groups is 3. The van der Waals surface area contributed by atoms with E-state index in [0.29, 0.717) is 19.3 Å². The minimum Gasteiger partial charge on any atom is -0.462 e. The Hall–Kier alpha value is -2.11. The Morgan fingerprint density at radius 3 is 0.658 bits per heavy atom. The fraction of sp³-hybridized carbons (Fsp3) is 0.900. The van der Waals surface area contributed by atoms with E-state index in [1.165, 1.54) is 289 Å². The molecule has 0 saturated heterocycles. The highest BCUT2D eigenvalue weighted by molar-refractivity contribution is 5.71. The molecule has 1 unspecified atom stereocenters. The molecule has 0 saturated carbocycles. The van der Waals surface area contributed by atoms with Gasteiger partial charge < -0.3 is 14.2 Å². The zero-order chi connectivity index (χ0) is 55.0. The van der Waals surface area contributed by atoms with Crippen LogP contribution in [0.2, 0.25) is 0 Å². The van der Waals surface area contributed by atoms with Crippen LogP contribution >= 0.6 is 0 Å². The fourth-order valence-corrected chi connectivity index (χ4v) is 10.5. The predicted octanol–water partition coefficient (Wildman–Crippen LogP) is 23.4. The fourth-order valence-electron chi connectivity index (χ4n) is 10.5. The third-order valence-electron chi connectivity index (χ3n) is 15.7. The summed E-state index contributed by atoms with van der Waals surface area (Å²) in [5.74, 6) is -0.841. The Kier molecular flexibility index (Phi) is 63.6. The maximum absolute atomic E-state index is 12.9. The number of rotatable bonds is 64. The van der Waals surface area contributed by atoms with Crippen molar-refractivity contribution >= 4 is 17.9 Å². The topological polar surface area (TPSA) is 78.9 Å². The first kappa shape index (κ1) is 73.9. The van der Waals surface area contributed by atoms with Crippen LogP contribution in [0.1, 0.15) is 387 Å². The predicted molar refractivity (Wildman–Crippen MR) is 330 cm³/mol. The molecule has 1 atom stereocenters. The summed E-state index contributed by atoms with van der Waals surface area (Å²) in [6, 6.07) is 0. The maximum Gasteiger partial charge on any atom is 0.306 e. The van der Waals surface area contributed by atoms with Crippen molar-refractivity contribution in [2.45, 2.75) is 393 Å². The molecule has 0 fully saturated rings. The molecule has 0 amide bonds. The van der Waals surface area contributed by atoms with Crippen LogP contribution in [0.4, 0.5) is 0 Å². The van der Waals surface area contributed by atoms with Crippen LogP contribution in [-0.4, -0.2) is 37.2 Å². The van der Waals surface area contributed by atoms with Crippen LogP contribution in [0.3, 0.4) is 0 Å². The summed E-state index contributed by atoms with van der Waals surface area (Å²) in [5.41, 5.74) is 0. The van der Waals surface area contributed by atoms with Gasteiger partial charge in [0.1, 0.15) is 13.2 Å². The van der Waals surface area contributed by atoms with Gasteiger partial charge in [0.2, 0.25) is 0 Å². The molecule has 0 rings (SSSR count). The summed E-state index contributed by atoms with van der Waals surface area (Å²) in [5, 5.41) is 0. The monoisotopic (exact) mass is 1070 g/mol. The summed E-state index contributed by atoms with van der Waals surface area (Å²) < 4.78 is 17.0. The van der Waals surface area contributed by atoms with Crippen molar-refractivity contribution < 1.29 is 28.6 Å². The second-order valence-electron chi connectivity index (χ2n) is 23.4. The highest BCUT2D eigenvalue weighted by Gasteiger charge is 2.19. The van der Waals surface area contributed by atoms with Gasteiger partial charge in [-0.25, -0.2) is 0 Å². The molecule has 0 aromatic rings. The Morgan fingerprint density at radius 2 is 0.434 bits per heavy atom. The smallest absolute Gasteiger partial charge is 0.306 e. The van der Waals surface area contributed by atoms with E-state index in [1.54, 1.807) is 0 Å². The molecule has 6 heteroatoms. The van der Waals surface area contributed by atoms with Gasteiger partial charge in [0, 0.05) is 19.3 Å². The first-order valence-corrected chi connectivity index (χ1v) is 34.3. The third-order valence-corrected chi connectivity index (χ3v) is 15.7. The molecule has 6 nitrogen and oxygen atoms in total. The van der Waals surface area contributed by atoms with Gasteiger partial charge >= 0.3 is 17.9 Å². The van der Waals surface area contributed by atoms with Gasteiger partial charge in [-0.3, -0.25) is 14.4 Å². The highest BCUT2D eigenvalue weighted by atomic mass is 16.6. The zero-order valence-electron chi connectivity index (χ0n) is 51.6. The van der Waals surface area contributed by atoms with Crippen molar-refractivity contribution in [1.29, 1.82) is 0 Å². The largest absolute Gasteiger partial charge is 0.462 e. The molecule has 0 spiro atoms. The van der Waals surface area contributed by atoms with Crippen molar-refractivity contribution in [3.05, 3.63) is 24.3 Å². The molecule has 448 valence electrons. The van der Waals surface area contributed by atoms with Gasteiger partial charge in [-0.05, 0) is 70.6 Å². The molecular formula is C70H132O6. The van der Waals surface area contributed by atoms with Crippen LogP contribution in [0, 0.1) is 0 Å². The van der Waals surface area contributed by atoms with Crippen molar-refractivity contribution in [2.24, 2.45) is 0 Å². The van der Waals surface area contributed by atoms with Crippen LogP contribution in [0.5, 0.6) is 0 Å². The Morgan fingerprint density at radius 1 is 0.250 bits per heavy atom. The minimum atomic E-state index is -0.771. The van der Waals surface area contributed by atoms with E-state index in [1.807, 2.05) is 0 Å². The van der Waals surface area contributed by atoms with E-state index in [2.05, 4.69) is 45.1 Å². The molecule has 0 aliphatic heterocycles. The summed E-state index contributed by atoms with van der Waals surface area (Å²) in [6.45, 7) is 6.71. The number of esters is 3. The van der Waals surface area contributed by atoms with Gasteiger partial charge in [0.15, 0.2) is 6.10 Å². The van der Waals surface area contributed by atoms with Crippen LogP contribution in [-0.2, 0) is 28.6 Å². The van der Waals surface area contributed by atoms with Gasteiger partial charge in [-0.1, -0.05) is 321 Å². The van der Waals surface area contributed by atoms with E-state index in [0.717, 1.165) is 57.8 Å². The Bertz CT molecular complexity index is 1230. The number of unbranched alkanes of at least 4 members (excludes halogenated alkanes) is 49. The molecule has 0 aromatic carbocycles. The number of carbonyl (C=O) groups excluding carboxylic acids is 3. The average molecular weight is 1070 g/mol. The standard InChI is InChI=1S/C70H132O6/c1-4-7-10-13-16-19-22-25-28-31-32-33-34-35-36-37-38-40-42-45-48-51-54-57-60-63-69(72)75-66-67(65-74-68(71)62-59-56-53-50-47-44-41-30-27-24-21-18-15-12-9-6-3)76-70(73)64-61-58-55-52-49-46-43-39-29-26-23-20-17-14-11-8-5-2/h26,29,31-32,67H,4-25,27-28,30,33-66H2,1-3H3/b29-26-,32-31-. The second-order valence-corrected chi connectivity index (χ2v) is 23.4. The van der Waals surface area contributed by atoms with Crippen molar-refractivity contribution in [2.75, 3.05) is 13.2 Å². The quantitative estimate of drug-likeness (QED) is 0.0261. The van der Waals surface area contributed by atoms with E-state index < -0.39 is 6.10 Å². The van der Waals surface area contributed by atoms with Gasteiger partial charge in [0.05, 0.1) is 0 Å². The van der Waals surface area contributed by atoms with Crippen LogP contribution < -0.4 is 0 Å². The van der Waals surface area contributed by atoms with Gasteiger partial charge in [-0.2, -0.15) is 0 Å². The minimum absolute atomic E-state index is 0.0672. The molecule has 0 N–H and O–H groups in total. The van der Waals surface area contributed by atoms with Crippen LogP contribution in [0.15, 0.2) is 24.3 Å². The van der Waals surface area contributed by atoms with E-state index in [-0.39, 0.29) is 31.1 Å². The lowest BCUT2D eigenvalue weighted by Crippen LogP contribution is -2.30. The molecular weight excluding hydrogens is 937 g/mol. The molecule has 0 bridgehead atoms. The van der Waals surface area contributed by atoms with Crippen molar-refractivity contribution in [3.63, 3.8) is 0 Å². The normalized spacial score (nSPS) is 12.1. The van der Waals surface area contributed by atoms with Gasteiger partial charge in [-0.15, -0.1) is 0 Å². The first-order valence-electron chi connectivity index (χ1n) is 34.3. The molecule has 0 aliphatic carbocycles.